The Morgan fingerprint density at radius 1 is 1.38 bits per heavy atom. The summed E-state index contributed by atoms with van der Waals surface area (Å²) in [6.07, 6.45) is 0. The summed E-state index contributed by atoms with van der Waals surface area (Å²) in [6.45, 7) is 0.924. The van der Waals surface area contributed by atoms with Crippen LogP contribution in [0.15, 0.2) is 12.1 Å². The molecule has 0 bridgehead atoms. The average Bonchev–Trinajstić information content (AvgIpc) is 2.23. The SMILES string of the molecule is COc1ccc(C2(CO)COC2)c(Cl)c1Cl. The van der Waals surface area contributed by atoms with Crippen LogP contribution in [0, 0.1) is 0 Å². The summed E-state index contributed by atoms with van der Waals surface area (Å²) in [7, 11) is 1.53. The molecule has 88 valence electrons. The molecule has 1 fully saturated rings. The van der Waals surface area contributed by atoms with E-state index in [1.165, 1.54) is 7.11 Å². The summed E-state index contributed by atoms with van der Waals surface area (Å²) in [5.41, 5.74) is 0.404. The first-order chi connectivity index (χ1) is 7.64. The van der Waals surface area contributed by atoms with E-state index in [4.69, 9.17) is 32.7 Å². The Hall–Kier alpha value is -0.480. The highest BCUT2D eigenvalue weighted by Gasteiger charge is 2.42. The average molecular weight is 263 g/mol. The van der Waals surface area contributed by atoms with Crippen LogP contribution in [0.3, 0.4) is 0 Å². The normalized spacial score (nSPS) is 18.0. The second kappa shape index (κ2) is 4.41. The van der Waals surface area contributed by atoms with Gasteiger partial charge >= 0.3 is 0 Å². The third-order valence-electron chi connectivity index (χ3n) is 2.90. The van der Waals surface area contributed by atoms with E-state index in [0.717, 1.165) is 5.56 Å². The topological polar surface area (TPSA) is 38.7 Å². The first kappa shape index (κ1) is 12.0. The molecule has 1 aliphatic rings. The molecule has 0 unspecified atom stereocenters. The summed E-state index contributed by atoms with van der Waals surface area (Å²) in [5, 5.41) is 10.2. The van der Waals surface area contributed by atoms with Crippen molar-refractivity contribution < 1.29 is 14.6 Å². The number of aliphatic hydroxyl groups is 1. The lowest BCUT2D eigenvalue weighted by Crippen LogP contribution is -2.49. The molecular weight excluding hydrogens is 251 g/mol. The molecule has 1 aromatic carbocycles. The minimum Gasteiger partial charge on any atom is -0.495 e. The number of ether oxygens (including phenoxy) is 2. The van der Waals surface area contributed by atoms with Gasteiger partial charge in [-0.1, -0.05) is 29.3 Å². The second-order valence-corrected chi connectivity index (χ2v) is 4.63. The van der Waals surface area contributed by atoms with Crippen molar-refractivity contribution >= 4 is 23.2 Å². The van der Waals surface area contributed by atoms with Gasteiger partial charge in [-0.2, -0.15) is 0 Å². The maximum atomic E-state index is 9.42. The zero-order chi connectivity index (χ0) is 11.8. The van der Waals surface area contributed by atoms with Crippen LogP contribution in [0.1, 0.15) is 5.56 Å². The fraction of sp³-hybridized carbons (Fsp3) is 0.455. The molecule has 0 radical (unpaired) electrons. The zero-order valence-electron chi connectivity index (χ0n) is 8.80. The number of hydrogen-bond acceptors (Lipinski definition) is 3. The molecular formula is C11H12Cl2O3. The minimum absolute atomic E-state index is 0.00459. The highest BCUT2D eigenvalue weighted by molar-refractivity contribution is 6.43. The van der Waals surface area contributed by atoms with Gasteiger partial charge in [0, 0.05) is 0 Å². The van der Waals surface area contributed by atoms with Gasteiger partial charge in [0.1, 0.15) is 10.8 Å². The van der Waals surface area contributed by atoms with Crippen LogP contribution in [-0.2, 0) is 10.2 Å². The van der Waals surface area contributed by atoms with Crippen LogP contribution in [0.25, 0.3) is 0 Å². The maximum absolute atomic E-state index is 9.42. The third-order valence-corrected chi connectivity index (χ3v) is 3.76. The molecule has 1 heterocycles. The smallest absolute Gasteiger partial charge is 0.138 e. The lowest BCUT2D eigenvalue weighted by molar-refractivity contribution is -0.0841. The predicted octanol–water partition coefficient (Wildman–Crippen LogP) is 2.26. The Labute approximate surface area is 104 Å². The quantitative estimate of drug-likeness (QED) is 0.909. The Bertz CT molecular complexity index is 397. The maximum Gasteiger partial charge on any atom is 0.138 e. The molecule has 1 saturated heterocycles. The van der Waals surface area contributed by atoms with Gasteiger partial charge in [-0.25, -0.2) is 0 Å². The lowest BCUT2D eigenvalue weighted by Gasteiger charge is -2.41. The van der Waals surface area contributed by atoms with Gasteiger partial charge in [0.05, 0.1) is 37.4 Å². The highest BCUT2D eigenvalue weighted by Crippen LogP contribution is 2.42. The van der Waals surface area contributed by atoms with Crippen LogP contribution in [0.5, 0.6) is 5.75 Å². The molecule has 5 heteroatoms. The number of benzene rings is 1. The van der Waals surface area contributed by atoms with E-state index in [9.17, 15) is 5.11 Å². The summed E-state index contributed by atoms with van der Waals surface area (Å²) in [5.74, 6) is 0.531. The second-order valence-electron chi connectivity index (χ2n) is 3.87. The van der Waals surface area contributed by atoms with E-state index in [-0.39, 0.29) is 6.61 Å². The molecule has 0 spiro atoms. The van der Waals surface area contributed by atoms with Crippen molar-refractivity contribution in [2.75, 3.05) is 26.9 Å². The van der Waals surface area contributed by atoms with Crippen molar-refractivity contribution in [3.8, 4) is 5.75 Å². The van der Waals surface area contributed by atoms with E-state index in [1.807, 2.05) is 6.07 Å². The van der Waals surface area contributed by atoms with E-state index in [0.29, 0.717) is 29.0 Å². The van der Waals surface area contributed by atoms with E-state index in [2.05, 4.69) is 0 Å². The Kier molecular flexibility index (Phi) is 3.31. The van der Waals surface area contributed by atoms with Crippen molar-refractivity contribution in [1.29, 1.82) is 0 Å². The number of hydrogen-bond donors (Lipinski definition) is 1. The van der Waals surface area contributed by atoms with E-state index >= 15 is 0 Å². The van der Waals surface area contributed by atoms with Crippen molar-refractivity contribution in [1.82, 2.24) is 0 Å². The predicted molar refractivity (Wildman–Crippen MR) is 62.6 cm³/mol. The van der Waals surface area contributed by atoms with Gasteiger partial charge in [0.2, 0.25) is 0 Å². The van der Waals surface area contributed by atoms with Gasteiger partial charge in [0.25, 0.3) is 0 Å². The van der Waals surface area contributed by atoms with Crippen LogP contribution >= 0.6 is 23.2 Å². The summed E-state index contributed by atoms with van der Waals surface area (Å²) in [4.78, 5) is 0. The van der Waals surface area contributed by atoms with Gasteiger partial charge in [-0.05, 0) is 11.6 Å². The standard InChI is InChI=1S/C11H12Cl2O3/c1-15-8-3-2-7(9(12)10(8)13)11(4-14)5-16-6-11/h2-3,14H,4-6H2,1H3. The minimum atomic E-state index is -0.410. The first-order valence-electron chi connectivity index (χ1n) is 4.86. The molecule has 0 saturated carbocycles. The monoisotopic (exact) mass is 262 g/mol. The highest BCUT2D eigenvalue weighted by atomic mass is 35.5. The lowest BCUT2D eigenvalue weighted by atomic mass is 9.79. The summed E-state index contributed by atoms with van der Waals surface area (Å²) in [6, 6.07) is 3.57. The molecule has 0 aromatic heterocycles. The number of aliphatic hydroxyl groups excluding tert-OH is 1. The van der Waals surface area contributed by atoms with E-state index in [1.54, 1.807) is 6.07 Å². The number of halogens is 2. The molecule has 1 aromatic rings. The first-order valence-corrected chi connectivity index (χ1v) is 5.61. The Balaban J connectivity index is 2.46. The fourth-order valence-corrected chi connectivity index (χ4v) is 2.38. The molecule has 0 atom stereocenters. The van der Waals surface area contributed by atoms with Crippen molar-refractivity contribution in [2.24, 2.45) is 0 Å². The van der Waals surface area contributed by atoms with Crippen LogP contribution in [-0.4, -0.2) is 32.0 Å². The van der Waals surface area contributed by atoms with Crippen LogP contribution in [0.4, 0.5) is 0 Å². The molecule has 0 amide bonds. The Morgan fingerprint density at radius 3 is 2.50 bits per heavy atom. The largest absolute Gasteiger partial charge is 0.495 e. The van der Waals surface area contributed by atoms with Crippen LogP contribution in [0.2, 0.25) is 10.0 Å². The van der Waals surface area contributed by atoms with Crippen LogP contribution < -0.4 is 4.74 Å². The fourth-order valence-electron chi connectivity index (χ4n) is 1.78. The van der Waals surface area contributed by atoms with Gasteiger partial charge < -0.3 is 14.6 Å². The van der Waals surface area contributed by atoms with E-state index < -0.39 is 5.41 Å². The summed E-state index contributed by atoms with van der Waals surface area (Å²) >= 11 is 12.2. The molecule has 3 nitrogen and oxygen atoms in total. The van der Waals surface area contributed by atoms with Crippen molar-refractivity contribution in [3.63, 3.8) is 0 Å². The van der Waals surface area contributed by atoms with Gasteiger partial charge in [-0.3, -0.25) is 0 Å². The molecule has 16 heavy (non-hydrogen) atoms. The molecule has 2 rings (SSSR count). The van der Waals surface area contributed by atoms with Gasteiger partial charge in [-0.15, -0.1) is 0 Å². The number of methoxy groups -OCH3 is 1. The van der Waals surface area contributed by atoms with Crippen molar-refractivity contribution in [3.05, 3.63) is 27.7 Å². The molecule has 1 aliphatic heterocycles. The molecule has 0 aliphatic carbocycles. The zero-order valence-corrected chi connectivity index (χ0v) is 10.3. The van der Waals surface area contributed by atoms with Crippen molar-refractivity contribution in [2.45, 2.75) is 5.41 Å². The van der Waals surface area contributed by atoms with Gasteiger partial charge in [0.15, 0.2) is 0 Å². The number of rotatable bonds is 3. The molecule has 1 N–H and O–H groups in total. The Morgan fingerprint density at radius 2 is 2.06 bits per heavy atom. The summed E-state index contributed by atoms with van der Waals surface area (Å²) < 4.78 is 10.2. The third kappa shape index (κ3) is 1.68.